The number of para-hydroxylation sites is 2. The fourth-order valence-corrected chi connectivity index (χ4v) is 2.19. The Labute approximate surface area is 88.3 Å². The Morgan fingerprint density at radius 1 is 1.25 bits per heavy atom. The molecule has 0 atom stereocenters. The van der Waals surface area contributed by atoms with Gasteiger partial charge in [0.15, 0.2) is 5.69 Å². The molecule has 0 unspecified atom stereocenters. The van der Waals surface area contributed by atoms with Gasteiger partial charge in [-0.25, -0.2) is 4.57 Å². The van der Waals surface area contributed by atoms with Crippen LogP contribution in [0.3, 0.4) is 0 Å². The second-order valence-corrected chi connectivity index (χ2v) is 4.33. The van der Waals surface area contributed by atoms with E-state index in [-0.39, 0.29) is 11.4 Å². The van der Waals surface area contributed by atoms with Crippen LogP contribution in [0, 0.1) is 10.1 Å². The van der Waals surface area contributed by atoms with E-state index >= 15 is 0 Å². The van der Waals surface area contributed by atoms with Gasteiger partial charge in [0.2, 0.25) is 0 Å². The number of rotatable bonds is 2. The number of nitro groups is 1. The van der Waals surface area contributed by atoms with Crippen LogP contribution in [0.4, 0.5) is 11.4 Å². The smallest absolute Gasteiger partial charge is 0.258 e. The van der Waals surface area contributed by atoms with E-state index in [1.54, 1.807) is 6.07 Å². The maximum atomic E-state index is 11.2. The number of nitrogens with zero attached hydrogens (tertiary/aromatic N) is 3. The largest absolute Gasteiger partial charge is 0.538 e. The zero-order valence-corrected chi connectivity index (χ0v) is 8.44. The quantitative estimate of drug-likeness (QED) is 0.440. The molecule has 84 valence electrons. The third kappa shape index (κ3) is 1.24. The Hall–Kier alpha value is -1.51. The van der Waals surface area contributed by atoms with E-state index in [4.69, 9.17) is 4.62 Å². The molecule has 3 fully saturated rings. The van der Waals surface area contributed by atoms with Gasteiger partial charge in [0, 0.05) is 6.07 Å². The molecule has 16 heavy (non-hydrogen) atoms. The lowest BCUT2D eigenvalue weighted by Gasteiger charge is -2.20. The highest BCUT2D eigenvalue weighted by Crippen LogP contribution is 2.67. The molecule has 0 N–H and O–H groups in total. The van der Waals surface area contributed by atoms with Crippen LogP contribution in [-0.2, 0) is 18.4 Å². The highest BCUT2D eigenvalue weighted by atomic mass is 31.2. The van der Waals surface area contributed by atoms with Crippen LogP contribution in [-0.4, -0.2) is 10.3 Å². The van der Waals surface area contributed by atoms with E-state index < -0.39 is 12.7 Å². The monoisotopic (exact) mass is 245 g/mol. The van der Waals surface area contributed by atoms with Crippen LogP contribution in [0.25, 0.3) is 0 Å². The molecule has 3 aliphatic heterocycles. The summed E-state index contributed by atoms with van der Waals surface area (Å²) in [5.41, 5.74) is -0.141. The first-order valence-electron chi connectivity index (χ1n) is 4.12. The number of hydrogen-bond donors (Lipinski definition) is 0. The summed E-state index contributed by atoms with van der Waals surface area (Å²) in [5.74, 6) is 0. The Morgan fingerprint density at radius 3 is 2.50 bits per heavy atom. The summed E-state index contributed by atoms with van der Waals surface area (Å²) in [5, 5.41) is 12.2. The van der Waals surface area contributed by atoms with Gasteiger partial charge in [-0.15, -0.1) is 19.0 Å². The molecule has 3 saturated heterocycles. The van der Waals surface area contributed by atoms with E-state index in [1.807, 2.05) is 0 Å². The first-order valence-corrected chi connectivity index (χ1v) is 5.58. The maximum absolute atomic E-state index is 11.2. The minimum absolute atomic E-state index is 0.0720. The first kappa shape index (κ1) is 9.70. The van der Waals surface area contributed by atoms with E-state index in [0.717, 1.165) is 5.17 Å². The molecule has 0 aromatic heterocycles. The van der Waals surface area contributed by atoms with Crippen LogP contribution in [0.15, 0.2) is 24.3 Å². The average molecular weight is 245 g/mol. The Kier molecular flexibility index (Phi) is 1.82. The zero-order chi connectivity index (χ0) is 11.3. The Balaban J connectivity index is 2.01. The number of hydrazine groups is 1. The van der Waals surface area contributed by atoms with Crippen LogP contribution in [0.5, 0.6) is 0 Å². The lowest BCUT2D eigenvalue weighted by molar-refractivity contribution is -0.385. The van der Waals surface area contributed by atoms with Gasteiger partial charge in [-0.2, -0.15) is 0 Å². The van der Waals surface area contributed by atoms with Crippen LogP contribution < -0.4 is 5.17 Å². The van der Waals surface area contributed by atoms with E-state index in [1.165, 1.54) is 18.2 Å². The molecule has 4 rings (SSSR count). The third-order valence-electron chi connectivity index (χ3n) is 1.95. The lowest BCUT2D eigenvalue weighted by Crippen LogP contribution is -2.34. The van der Waals surface area contributed by atoms with Crippen molar-refractivity contribution in [3.63, 3.8) is 0 Å². The van der Waals surface area contributed by atoms with Crippen molar-refractivity contribution in [3.8, 4) is 0 Å². The average Bonchev–Trinajstić information content (AvgIpc) is 2.71. The second kappa shape index (κ2) is 3.00. The number of anilines is 1. The third-order valence-corrected chi connectivity index (χ3v) is 2.98. The van der Waals surface area contributed by atoms with Crippen LogP contribution in [0.2, 0.25) is 0 Å². The van der Waals surface area contributed by atoms with Gasteiger partial charge in [0.05, 0.1) is 10.3 Å². The van der Waals surface area contributed by atoms with Gasteiger partial charge in [-0.05, 0) is 6.07 Å². The summed E-state index contributed by atoms with van der Waals surface area (Å²) >= 11 is 0. The number of phosphoric acid groups is 1. The molecule has 9 nitrogen and oxygen atoms in total. The molecule has 0 amide bonds. The molecule has 3 heterocycles. The summed E-state index contributed by atoms with van der Waals surface area (Å²) < 4.78 is 25.2. The van der Waals surface area contributed by atoms with E-state index in [2.05, 4.69) is 9.25 Å². The molecule has 0 radical (unpaired) electrons. The molecular formula is C6H4N3O6P. The fourth-order valence-electron chi connectivity index (χ4n) is 1.31. The van der Waals surface area contributed by atoms with Crippen molar-refractivity contribution in [3.05, 3.63) is 34.4 Å². The molecule has 0 saturated carbocycles. The van der Waals surface area contributed by atoms with Crippen molar-refractivity contribution in [2.75, 3.05) is 5.17 Å². The minimum Gasteiger partial charge on any atom is -0.258 e. The van der Waals surface area contributed by atoms with Gasteiger partial charge in [0.25, 0.3) is 5.69 Å². The number of fused-ring (bicyclic) bond motifs is 1. The highest BCUT2D eigenvalue weighted by Gasteiger charge is 2.61. The van der Waals surface area contributed by atoms with E-state index in [9.17, 15) is 14.7 Å². The maximum Gasteiger partial charge on any atom is 0.538 e. The predicted octanol–water partition coefficient (Wildman–Crippen LogP) is 1.55. The highest BCUT2D eigenvalue weighted by molar-refractivity contribution is 7.49. The zero-order valence-electron chi connectivity index (χ0n) is 7.55. The van der Waals surface area contributed by atoms with Crippen molar-refractivity contribution in [2.45, 2.75) is 0 Å². The van der Waals surface area contributed by atoms with Crippen molar-refractivity contribution >= 4 is 19.2 Å². The Morgan fingerprint density at radius 2 is 1.94 bits per heavy atom. The van der Waals surface area contributed by atoms with Gasteiger partial charge in [0.1, 0.15) is 0 Å². The van der Waals surface area contributed by atoms with Crippen molar-refractivity contribution < 1.29 is 23.4 Å². The summed E-state index contributed by atoms with van der Waals surface area (Å²) in [6.07, 6.45) is 0. The lowest BCUT2D eigenvalue weighted by atomic mass is 10.3. The standard InChI is InChI=1S/C6H4N3O6P/c10-8(11)6-4-2-1-3-5(6)7-9-14-16(12,13-7)15-9/h1-4H. The number of benzene rings is 1. The van der Waals surface area contributed by atoms with Gasteiger partial charge >= 0.3 is 7.82 Å². The SMILES string of the molecule is O=[N+]([O-])c1ccccc1N1OP2(=O)ON1O2. The van der Waals surface area contributed by atoms with E-state index in [0.29, 0.717) is 5.34 Å². The topological polar surface area (TPSA) is 94.4 Å². The Bertz CT molecular complexity index is 511. The first-order chi connectivity index (χ1) is 7.59. The van der Waals surface area contributed by atoms with Crippen molar-refractivity contribution in [2.24, 2.45) is 0 Å². The van der Waals surface area contributed by atoms with Gasteiger partial charge in [-0.1, -0.05) is 12.1 Å². The van der Waals surface area contributed by atoms with Crippen LogP contribution >= 0.6 is 7.82 Å². The van der Waals surface area contributed by atoms with Gasteiger partial charge < -0.3 is 0 Å². The molecular weight excluding hydrogens is 241 g/mol. The summed E-state index contributed by atoms with van der Waals surface area (Å²) in [4.78, 5) is 10.1. The summed E-state index contributed by atoms with van der Waals surface area (Å²) in [6.45, 7) is 0. The molecule has 10 heteroatoms. The molecule has 0 spiro atoms. The number of nitro benzene ring substituents is 1. The van der Waals surface area contributed by atoms with Crippen molar-refractivity contribution in [1.29, 1.82) is 0 Å². The van der Waals surface area contributed by atoms with Crippen molar-refractivity contribution in [1.82, 2.24) is 5.34 Å². The summed E-state index contributed by atoms with van der Waals surface area (Å²) in [6, 6.07) is 5.77. The normalized spacial score (nSPS) is 31.2. The molecule has 0 aliphatic carbocycles. The summed E-state index contributed by atoms with van der Waals surface area (Å²) in [7, 11) is -3.54. The van der Waals surface area contributed by atoms with Crippen LogP contribution in [0.1, 0.15) is 0 Å². The molecule has 2 bridgehead atoms. The number of hydrogen-bond acceptors (Lipinski definition) is 8. The second-order valence-electron chi connectivity index (χ2n) is 2.95. The fraction of sp³-hybridized carbons (Fsp3) is 0. The minimum atomic E-state index is -3.54. The predicted molar refractivity (Wildman–Crippen MR) is 48.3 cm³/mol. The molecule has 1 aromatic carbocycles. The van der Waals surface area contributed by atoms with Gasteiger partial charge in [-0.3, -0.25) is 10.1 Å². The molecule has 1 aromatic rings. The molecule has 3 aliphatic rings.